The molecule has 0 saturated carbocycles. The number of ether oxygens (including phenoxy) is 1. The van der Waals surface area contributed by atoms with Gasteiger partial charge in [-0.15, -0.1) is 0 Å². The van der Waals surface area contributed by atoms with Crippen molar-refractivity contribution in [3.63, 3.8) is 0 Å². The summed E-state index contributed by atoms with van der Waals surface area (Å²) in [7, 11) is 0. The second kappa shape index (κ2) is 19.6. The molecule has 0 spiro atoms. The molecule has 0 saturated heterocycles. The van der Waals surface area contributed by atoms with Gasteiger partial charge in [0.15, 0.2) is 0 Å². The highest BCUT2D eigenvalue weighted by atomic mass is 16.5. The van der Waals surface area contributed by atoms with E-state index in [1.165, 1.54) is 49.7 Å². The molecule has 3 heterocycles. The van der Waals surface area contributed by atoms with E-state index in [1.54, 1.807) is 0 Å². The van der Waals surface area contributed by atoms with Gasteiger partial charge in [0, 0.05) is 45.5 Å². The molecule has 5 heteroatoms. The van der Waals surface area contributed by atoms with E-state index in [2.05, 4.69) is 316 Å². The maximum absolute atomic E-state index is 7.34. The highest BCUT2D eigenvalue weighted by molar-refractivity contribution is 6.11. The summed E-state index contributed by atoms with van der Waals surface area (Å²) in [4.78, 5) is 5.04. The lowest BCUT2D eigenvalue weighted by Crippen LogP contribution is -2.32. The zero-order valence-corrected chi connectivity index (χ0v) is 47.5. The fourth-order valence-electron chi connectivity index (χ4n) is 11.3. The largest absolute Gasteiger partial charge is 0.458 e. The first kappa shape index (κ1) is 51.8. The number of aromatic nitrogens is 4. The van der Waals surface area contributed by atoms with Crippen LogP contribution in [0, 0.1) is 6.33 Å². The highest BCUT2D eigenvalue weighted by Gasteiger charge is 2.33. The molecule has 0 aliphatic heterocycles. The zero-order chi connectivity index (χ0) is 54.8. The molecule has 3 aromatic heterocycles. The predicted molar refractivity (Wildman–Crippen MR) is 323 cm³/mol. The van der Waals surface area contributed by atoms with Crippen molar-refractivity contribution in [1.82, 2.24) is 14.1 Å². The summed E-state index contributed by atoms with van der Waals surface area (Å²) in [6, 6.07) is 74.6. The molecule has 11 aromatic rings. The fraction of sp³-hybridized carbons (Fsp3) is 0.233. The van der Waals surface area contributed by atoms with Gasteiger partial charge in [-0.05, 0) is 115 Å². The number of rotatable bonds is 12. The van der Waals surface area contributed by atoms with Crippen molar-refractivity contribution in [1.29, 1.82) is 0 Å². The highest BCUT2D eigenvalue weighted by Crippen LogP contribution is 2.44. The lowest BCUT2D eigenvalue weighted by molar-refractivity contribution is -0.599. The fourth-order valence-corrected chi connectivity index (χ4v) is 11.3. The van der Waals surface area contributed by atoms with Gasteiger partial charge in [-0.25, -0.2) is 4.98 Å². The third-order valence-corrected chi connectivity index (χ3v) is 16.4. The first-order valence-electron chi connectivity index (χ1n) is 27.5. The molecule has 8 aromatic carbocycles. The van der Waals surface area contributed by atoms with Crippen molar-refractivity contribution in [2.45, 2.75) is 110 Å². The Morgan fingerprint density at radius 1 is 0.436 bits per heavy atom. The number of benzene rings is 8. The summed E-state index contributed by atoms with van der Waals surface area (Å²) < 4.78 is 14.1. The molecule has 0 unspecified atom stereocenters. The number of imidazole rings is 1. The van der Waals surface area contributed by atoms with E-state index in [9.17, 15) is 0 Å². The normalized spacial score (nSPS) is 12.6. The standard InChI is InChI=1S/C73H72N4O/c1-69(2,3)55-37-38-74-67(44-55)77-64-36-26-25-35-62(64)68-63(70(4,5)6)46-61(47-65(68)77)78-60-40-51(50-27-17-13-18-28-50)39-59(45-60)76-49-75(48-66(76)73(11,12)54-33-23-16-24-34-54)58-42-56(71(7,8)52-29-19-14-20-30-52)41-57(43-58)72(9,10)53-31-21-15-22-32-53/h13-48H,1-12H3. The number of fused-ring (bicyclic) bond motifs is 3. The lowest BCUT2D eigenvalue weighted by Gasteiger charge is -2.32. The van der Waals surface area contributed by atoms with Crippen molar-refractivity contribution in [2.24, 2.45) is 0 Å². The summed E-state index contributed by atoms with van der Waals surface area (Å²) in [5.41, 5.74) is 14.6. The second-order valence-electron chi connectivity index (χ2n) is 24.9. The third kappa shape index (κ3) is 9.65. The van der Waals surface area contributed by atoms with Crippen LogP contribution in [0.25, 0.3) is 50.1 Å². The zero-order valence-electron chi connectivity index (χ0n) is 47.5. The van der Waals surface area contributed by atoms with Gasteiger partial charge in [0.1, 0.15) is 17.3 Å². The van der Waals surface area contributed by atoms with Gasteiger partial charge in [0.2, 0.25) is 0 Å². The summed E-state index contributed by atoms with van der Waals surface area (Å²) in [5, 5.41) is 2.40. The minimum Gasteiger partial charge on any atom is -0.458 e. The molecule has 78 heavy (non-hydrogen) atoms. The van der Waals surface area contributed by atoms with Crippen molar-refractivity contribution in [2.75, 3.05) is 0 Å². The Labute approximate surface area is 462 Å². The van der Waals surface area contributed by atoms with E-state index in [0.717, 1.165) is 56.5 Å². The van der Waals surface area contributed by atoms with Gasteiger partial charge in [-0.1, -0.05) is 229 Å². The van der Waals surface area contributed by atoms with E-state index < -0.39 is 5.41 Å². The quantitative estimate of drug-likeness (QED) is 0.0903. The van der Waals surface area contributed by atoms with Crippen LogP contribution in [0.4, 0.5) is 0 Å². The van der Waals surface area contributed by atoms with Crippen LogP contribution in [0.2, 0.25) is 0 Å². The minimum atomic E-state index is -0.460. The topological polar surface area (TPSA) is 35.9 Å². The first-order chi connectivity index (χ1) is 37.2. The Morgan fingerprint density at radius 3 is 1.55 bits per heavy atom. The van der Waals surface area contributed by atoms with Crippen molar-refractivity contribution in [3.8, 4) is 39.8 Å². The van der Waals surface area contributed by atoms with Crippen LogP contribution >= 0.6 is 0 Å². The minimum absolute atomic E-state index is 0.0547. The summed E-state index contributed by atoms with van der Waals surface area (Å²) in [6.45, 7) is 27.6. The van der Waals surface area contributed by atoms with Crippen LogP contribution in [0.15, 0.2) is 219 Å². The summed E-state index contributed by atoms with van der Waals surface area (Å²) >= 11 is 0. The molecule has 5 nitrogen and oxygen atoms in total. The van der Waals surface area contributed by atoms with Gasteiger partial charge in [-0.3, -0.25) is 13.7 Å². The average Bonchev–Trinajstić information content (AvgIpc) is 4.24. The Hall–Kier alpha value is -8.28. The van der Waals surface area contributed by atoms with Crippen molar-refractivity contribution < 1.29 is 9.30 Å². The monoisotopic (exact) mass is 1020 g/mol. The Bertz CT molecular complexity index is 3890. The number of hydrogen-bond acceptors (Lipinski definition) is 2. The van der Waals surface area contributed by atoms with Gasteiger partial charge in [0.25, 0.3) is 6.33 Å². The summed E-state index contributed by atoms with van der Waals surface area (Å²) in [5.74, 6) is 2.35. The molecule has 0 fully saturated rings. The SMILES string of the molecule is CC(C)(C)c1ccnc(-n2c3ccccc3c3c(C(C)(C)C)cc(Oc4cc(-c5ccccc5)cc(-n5[c-][n+](-c6cc(C(C)(C)c7ccccc7)cc(C(C)(C)c7ccccc7)c6)cc5C(C)(C)c5ccccc5)c4)cc32)c1. The van der Waals surface area contributed by atoms with Crippen LogP contribution in [0.1, 0.15) is 128 Å². The number of pyridine rings is 1. The molecule has 0 aliphatic rings. The van der Waals surface area contributed by atoms with E-state index >= 15 is 0 Å². The van der Waals surface area contributed by atoms with Crippen molar-refractivity contribution >= 4 is 21.8 Å². The van der Waals surface area contributed by atoms with Crippen LogP contribution < -0.4 is 9.30 Å². The Balaban J connectivity index is 1.13. The maximum Gasteiger partial charge on any atom is 0.269 e. The molecule has 0 atom stereocenters. The van der Waals surface area contributed by atoms with Gasteiger partial charge in [-0.2, -0.15) is 0 Å². The third-order valence-electron chi connectivity index (χ3n) is 16.4. The predicted octanol–water partition coefficient (Wildman–Crippen LogP) is 18.1. The van der Waals surface area contributed by atoms with Gasteiger partial charge in [0.05, 0.1) is 28.1 Å². The van der Waals surface area contributed by atoms with Crippen molar-refractivity contribution in [3.05, 3.63) is 270 Å². The average molecular weight is 1020 g/mol. The molecule has 0 amide bonds. The van der Waals surface area contributed by atoms with Crippen LogP contribution in [0.5, 0.6) is 11.5 Å². The maximum atomic E-state index is 7.34. The second-order valence-corrected chi connectivity index (χ2v) is 24.9. The van der Waals surface area contributed by atoms with E-state index in [4.69, 9.17) is 9.72 Å². The van der Waals surface area contributed by atoms with Gasteiger partial charge >= 0.3 is 0 Å². The molecule has 390 valence electrons. The Kier molecular flexibility index (Phi) is 13.0. The number of para-hydroxylation sites is 1. The number of hydrogen-bond donors (Lipinski definition) is 0. The molecule has 11 rings (SSSR count). The van der Waals surface area contributed by atoms with Crippen LogP contribution in [-0.2, 0) is 27.1 Å². The molecule has 0 bridgehead atoms. The first-order valence-corrected chi connectivity index (χ1v) is 27.5. The van der Waals surface area contributed by atoms with Crippen LogP contribution in [-0.4, -0.2) is 14.1 Å². The number of nitrogens with zero attached hydrogens (tertiary/aromatic N) is 4. The molecule has 0 aliphatic carbocycles. The molecule has 0 radical (unpaired) electrons. The van der Waals surface area contributed by atoms with E-state index in [-0.39, 0.29) is 21.7 Å². The van der Waals surface area contributed by atoms with E-state index in [0.29, 0.717) is 0 Å². The molecular weight excluding hydrogens is 949 g/mol. The molecular formula is C73H72N4O. The van der Waals surface area contributed by atoms with Gasteiger partial charge < -0.3 is 4.74 Å². The smallest absolute Gasteiger partial charge is 0.269 e. The Morgan fingerprint density at radius 2 is 0.974 bits per heavy atom. The van der Waals surface area contributed by atoms with Crippen LogP contribution in [0.3, 0.4) is 0 Å². The van der Waals surface area contributed by atoms with E-state index in [1.807, 2.05) is 6.20 Å². The molecule has 0 N–H and O–H groups in total. The lowest BCUT2D eigenvalue weighted by atomic mass is 9.73. The summed E-state index contributed by atoms with van der Waals surface area (Å²) in [6.07, 6.45) is 8.21.